The van der Waals surface area contributed by atoms with E-state index in [1.54, 1.807) is 12.1 Å². The van der Waals surface area contributed by atoms with Gasteiger partial charge in [-0.3, -0.25) is 4.90 Å². The highest BCUT2D eigenvalue weighted by Crippen LogP contribution is 2.24. The Bertz CT molecular complexity index is 436. The Morgan fingerprint density at radius 3 is 2.76 bits per heavy atom. The highest BCUT2D eigenvalue weighted by atomic mass is 19.1. The Labute approximate surface area is 100 Å². The molecule has 2 rings (SSSR count). The summed E-state index contributed by atoms with van der Waals surface area (Å²) in [5.41, 5.74) is 1.43. The van der Waals surface area contributed by atoms with Crippen LogP contribution in [0.3, 0.4) is 0 Å². The number of ether oxygens (including phenoxy) is 1. The van der Waals surface area contributed by atoms with Crippen LogP contribution in [-0.2, 0) is 4.74 Å². The zero-order valence-corrected chi connectivity index (χ0v) is 9.82. The van der Waals surface area contributed by atoms with Crippen molar-refractivity contribution in [3.05, 3.63) is 35.1 Å². The summed E-state index contributed by atoms with van der Waals surface area (Å²) in [5.74, 6) is -0.311. The van der Waals surface area contributed by atoms with Gasteiger partial charge in [-0.05, 0) is 13.0 Å². The molecular weight excluding hydrogens is 219 g/mol. The molecule has 1 aliphatic heterocycles. The Morgan fingerprint density at radius 2 is 2.12 bits per heavy atom. The van der Waals surface area contributed by atoms with Crippen LogP contribution in [0, 0.1) is 24.1 Å². The van der Waals surface area contributed by atoms with Crippen LogP contribution in [0.15, 0.2) is 18.2 Å². The topological polar surface area (TPSA) is 36.3 Å². The van der Waals surface area contributed by atoms with Crippen molar-refractivity contribution in [1.82, 2.24) is 4.90 Å². The van der Waals surface area contributed by atoms with Gasteiger partial charge in [0.15, 0.2) is 0 Å². The molecule has 1 saturated heterocycles. The van der Waals surface area contributed by atoms with Crippen molar-refractivity contribution in [3.63, 3.8) is 0 Å². The van der Waals surface area contributed by atoms with E-state index in [0.29, 0.717) is 31.9 Å². The molecule has 0 amide bonds. The molecule has 0 aliphatic carbocycles. The third-order valence-corrected chi connectivity index (χ3v) is 2.98. The maximum Gasteiger partial charge on any atom is 0.129 e. The summed E-state index contributed by atoms with van der Waals surface area (Å²) in [7, 11) is 0. The van der Waals surface area contributed by atoms with Crippen molar-refractivity contribution in [3.8, 4) is 6.07 Å². The van der Waals surface area contributed by atoms with Crippen molar-refractivity contribution >= 4 is 0 Å². The highest BCUT2D eigenvalue weighted by molar-refractivity contribution is 5.30. The number of nitriles is 1. The largest absolute Gasteiger partial charge is 0.379 e. The fraction of sp³-hybridized carbons (Fsp3) is 0.462. The molecule has 3 nitrogen and oxygen atoms in total. The van der Waals surface area contributed by atoms with E-state index in [4.69, 9.17) is 4.74 Å². The molecule has 90 valence electrons. The van der Waals surface area contributed by atoms with Gasteiger partial charge in [-0.25, -0.2) is 4.39 Å². The van der Waals surface area contributed by atoms with E-state index in [1.165, 1.54) is 6.07 Å². The van der Waals surface area contributed by atoms with Crippen molar-refractivity contribution in [1.29, 1.82) is 5.26 Å². The van der Waals surface area contributed by atoms with Gasteiger partial charge in [0, 0.05) is 18.7 Å². The van der Waals surface area contributed by atoms with Crippen LogP contribution >= 0.6 is 0 Å². The van der Waals surface area contributed by atoms with Crippen molar-refractivity contribution < 1.29 is 9.13 Å². The van der Waals surface area contributed by atoms with Crippen molar-refractivity contribution in [2.45, 2.75) is 13.0 Å². The summed E-state index contributed by atoms with van der Waals surface area (Å²) >= 11 is 0. The predicted octanol–water partition coefficient (Wildman–Crippen LogP) is 2.03. The van der Waals surface area contributed by atoms with E-state index >= 15 is 0 Å². The zero-order valence-electron chi connectivity index (χ0n) is 9.82. The predicted molar refractivity (Wildman–Crippen MR) is 61.9 cm³/mol. The number of hydrogen-bond donors (Lipinski definition) is 0. The number of morpholine rings is 1. The second-order valence-corrected chi connectivity index (χ2v) is 4.20. The minimum Gasteiger partial charge on any atom is -0.379 e. The quantitative estimate of drug-likeness (QED) is 0.785. The molecule has 1 aromatic carbocycles. The number of hydrogen-bond acceptors (Lipinski definition) is 3. The van der Waals surface area contributed by atoms with Crippen LogP contribution in [0.5, 0.6) is 0 Å². The number of aryl methyl sites for hydroxylation is 1. The van der Waals surface area contributed by atoms with Gasteiger partial charge >= 0.3 is 0 Å². The number of nitrogens with zero attached hydrogens (tertiary/aromatic N) is 2. The molecule has 1 unspecified atom stereocenters. The monoisotopic (exact) mass is 234 g/mol. The first-order valence-corrected chi connectivity index (χ1v) is 5.70. The maximum absolute atomic E-state index is 13.8. The Balaban J connectivity index is 2.28. The molecule has 0 aromatic heterocycles. The summed E-state index contributed by atoms with van der Waals surface area (Å²) < 4.78 is 19.0. The van der Waals surface area contributed by atoms with E-state index in [9.17, 15) is 9.65 Å². The lowest BCUT2D eigenvalue weighted by Gasteiger charge is -2.30. The average Bonchev–Trinajstić information content (AvgIpc) is 2.36. The molecule has 0 N–H and O–H groups in total. The van der Waals surface area contributed by atoms with Gasteiger partial charge < -0.3 is 4.74 Å². The lowest BCUT2D eigenvalue weighted by Crippen LogP contribution is -2.38. The van der Waals surface area contributed by atoms with Crippen LogP contribution in [0.1, 0.15) is 17.2 Å². The molecule has 0 bridgehead atoms. The van der Waals surface area contributed by atoms with Crippen molar-refractivity contribution in [2.24, 2.45) is 0 Å². The van der Waals surface area contributed by atoms with Gasteiger partial charge in [0.05, 0.1) is 19.3 Å². The smallest absolute Gasteiger partial charge is 0.129 e. The first-order chi connectivity index (χ1) is 8.22. The third kappa shape index (κ3) is 2.63. The molecule has 1 atom stereocenters. The van der Waals surface area contributed by atoms with Gasteiger partial charge in [0.1, 0.15) is 11.9 Å². The summed E-state index contributed by atoms with van der Waals surface area (Å²) in [4.78, 5) is 1.96. The Morgan fingerprint density at radius 1 is 1.41 bits per heavy atom. The molecule has 0 spiro atoms. The van der Waals surface area contributed by atoms with Crippen LogP contribution in [0.25, 0.3) is 0 Å². The van der Waals surface area contributed by atoms with Gasteiger partial charge in [0.25, 0.3) is 0 Å². The highest BCUT2D eigenvalue weighted by Gasteiger charge is 2.24. The summed E-state index contributed by atoms with van der Waals surface area (Å²) in [6.07, 6.45) is 0. The first kappa shape index (κ1) is 12.0. The molecule has 1 heterocycles. The van der Waals surface area contributed by atoms with Gasteiger partial charge in [-0.15, -0.1) is 0 Å². The SMILES string of the molecule is Cc1ccc(F)c(C(C#N)N2CCOCC2)c1. The van der Waals surface area contributed by atoms with E-state index in [-0.39, 0.29) is 5.82 Å². The van der Waals surface area contributed by atoms with Gasteiger partial charge in [0.2, 0.25) is 0 Å². The second-order valence-electron chi connectivity index (χ2n) is 4.20. The minimum absolute atomic E-state index is 0.311. The van der Waals surface area contributed by atoms with Crippen LogP contribution < -0.4 is 0 Å². The molecule has 1 aromatic rings. The lowest BCUT2D eigenvalue weighted by atomic mass is 10.0. The summed E-state index contributed by atoms with van der Waals surface area (Å²) in [6, 6.07) is 6.56. The fourth-order valence-electron chi connectivity index (χ4n) is 2.06. The maximum atomic E-state index is 13.8. The lowest BCUT2D eigenvalue weighted by molar-refractivity contribution is 0.0261. The number of halogens is 1. The summed E-state index contributed by atoms with van der Waals surface area (Å²) in [6.45, 7) is 4.45. The molecule has 0 saturated carbocycles. The van der Waals surface area contributed by atoms with E-state index in [0.717, 1.165) is 5.56 Å². The van der Waals surface area contributed by atoms with Crippen LogP contribution in [-0.4, -0.2) is 31.2 Å². The van der Waals surface area contributed by atoms with E-state index in [2.05, 4.69) is 6.07 Å². The van der Waals surface area contributed by atoms with Crippen molar-refractivity contribution in [2.75, 3.05) is 26.3 Å². The standard InChI is InChI=1S/C13H15FN2O/c1-10-2-3-12(14)11(8-10)13(9-15)16-4-6-17-7-5-16/h2-3,8,13H,4-7H2,1H3. The van der Waals surface area contributed by atoms with Crippen LogP contribution in [0.4, 0.5) is 4.39 Å². The number of rotatable bonds is 2. The molecule has 1 fully saturated rings. The fourth-order valence-corrected chi connectivity index (χ4v) is 2.06. The normalized spacial score (nSPS) is 18.6. The minimum atomic E-state index is -0.515. The van der Waals surface area contributed by atoms with Crippen LogP contribution in [0.2, 0.25) is 0 Å². The number of benzene rings is 1. The molecule has 0 radical (unpaired) electrons. The third-order valence-electron chi connectivity index (χ3n) is 2.98. The average molecular weight is 234 g/mol. The Kier molecular flexibility index (Phi) is 3.72. The first-order valence-electron chi connectivity index (χ1n) is 5.70. The summed E-state index contributed by atoms with van der Waals surface area (Å²) in [5, 5.41) is 9.25. The molecule has 17 heavy (non-hydrogen) atoms. The zero-order chi connectivity index (χ0) is 12.3. The van der Waals surface area contributed by atoms with E-state index in [1.807, 2.05) is 11.8 Å². The van der Waals surface area contributed by atoms with Gasteiger partial charge in [-0.2, -0.15) is 5.26 Å². The second kappa shape index (κ2) is 5.26. The van der Waals surface area contributed by atoms with Gasteiger partial charge in [-0.1, -0.05) is 17.7 Å². The molecule has 1 aliphatic rings. The molecule has 4 heteroatoms. The van der Waals surface area contributed by atoms with E-state index < -0.39 is 6.04 Å². The molecular formula is C13H15FN2O. The Hall–Kier alpha value is -1.44.